The molecule has 0 unspecified atom stereocenters. The molecule has 1 aromatic rings. The number of nitrogens with zero attached hydrogens (tertiary/aromatic N) is 1. The van der Waals surface area contributed by atoms with Gasteiger partial charge >= 0.3 is 0 Å². The minimum Gasteiger partial charge on any atom is -0.311 e. The number of hydrogen-bond donors (Lipinski definition) is 1. The van der Waals surface area contributed by atoms with Crippen molar-refractivity contribution in [3.05, 3.63) is 35.4 Å². The first-order chi connectivity index (χ1) is 10.9. The first kappa shape index (κ1) is 18.4. The lowest BCUT2D eigenvalue weighted by molar-refractivity contribution is 0.276. The highest BCUT2D eigenvalue weighted by atomic mass is 32.2. The Morgan fingerprint density at radius 2 is 1.91 bits per heavy atom. The summed E-state index contributed by atoms with van der Waals surface area (Å²) < 4.78 is 25.9. The molecule has 0 saturated carbocycles. The van der Waals surface area contributed by atoms with Crippen molar-refractivity contribution < 1.29 is 8.42 Å². The lowest BCUT2D eigenvalue weighted by Gasteiger charge is -2.33. The van der Waals surface area contributed by atoms with E-state index in [0.717, 1.165) is 19.3 Å². The van der Waals surface area contributed by atoms with E-state index in [9.17, 15) is 8.42 Å². The third-order valence-corrected chi connectivity index (χ3v) is 6.69. The summed E-state index contributed by atoms with van der Waals surface area (Å²) in [6, 6.07) is 9.32. The summed E-state index contributed by atoms with van der Waals surface area (Å²) in [5.74, 6) is 0.273. The van der Waals surface area contributed by atoms with Crippen molar-refractivity contribution in [2.75, 3.05) is 18.8 Å². The van der Waals surface area contributed by atoms with E-state index >= 15 is 0 Å². The molecule has 2 rings (SSSR count). The van der Waals surface area contributed by atoms with Crippen LogP contribution in [0.15, 0.2) is 24.3 Å². The second kappa shape index (κ2) is 8.27. The van der Waals surface area contributed by atoms with Gasteiger partial charge in [-0.15, -0.1) is 0 Å². The van der Waals surface area contributed by atoms with Crippen LogP contribution in [-0.2, 0) is 16.4 Å². The van der Waals surface area contributed by atoms with Crippen LogP contribution in [0.3, 0.4) is 0 Å². The molecule has 1 aliphatic rings. The maximum atomic E-state index is 12.1. The second-order valence-electron chi connectivity index (χ2n) is 6.69. The molecule has 130 valence electrons. The van der Waals surface area contributed by atoms with Crippen LogP contribution in [0.1, 0.15) is 44.2 Å². The van der Waals surface area contributed by atoms with Gasteiger partial charge in [-0.3, -0.25) is 0 Å². The lowest BCUT2D eigenvalue weighted by atomic mass is 10.00. The zero-order valence-corrected chi connectivity index (χ0v) is 15.4. The molecule has 0 radical (unpaired) electrons. The molecule has 1 aromatic carbocycles. The Bertz CT molecular complexity index is 593. The predicted octanol–water partition coefficient (Wildman–Crippen LogP) is 2.72. The fourth-order valence-corrected chi connectivity index (χ4v) is 4.86. The van der Waals surface area contributed by atoms with Crippen LogP contribution in [0.2, 0.25) is 0 Å². The van der Waals surface area contributed by atoms with Crippen LogP contribution < -0.4 is 5.32 Å². The number of aryl methyl sites for hydroxylation is 1. The molecule has 0 spiro atoms. The minimum absolute atomic E-state index is 0.273. The smallest absolute Gasteiger partial charge is 0.214 e. The standard InChI is InChI=1S/C18H30N2O2S/c1-4-13-23(21,22)20-11-9-18(10-12-20)19-16(3)14-17-8-6-5-7-15(17)2/h5-8,16,18-19H,4,9-14H2,1-3H3/t16-/m0/s1. The zero-order valence-electron chi connectivity index (χ0n) is 14.6. The first-order valence-electron chi connectivity index (χ1n) is 8.70. The van der Waals surface area contributed by atoms with Crippen molar-refractivity contribution in [3.8, 4) is 0 Å². The van der Waals surface area contributed by atoms with Crippen LogP contribution in [0.25, 0.3) is 0 Å². The van der Waals surface area contributed by atoms with Crippen molar-refractivity contribution in [2.45, 2.75) is 58.5 Å². The molecular formula is C18H30N2O2S. The maximum absolute atomic E-state index is 12.1. The second-order valence-corrected chi connectivity index (χ2v) is 8.78. The van der Waals surface area contributed by atoms with Gasteiger partial charge < -0.3 is 5.32 Å². The van der Waals surface area contributed by atoms with Crippen LogP contribution in [0, 0.1) is 6.92 Å². The third-order valence-electron chi connectivity index (χ3n) is 4.62. The van der Waals surface area contributed by atoms with Gasteiger partial charge in [-0.1, -0.05) is 31.2 Å². The molecule has 4 nitrogen and oxygen atoms in total. The normalized spacial score (nSPS) is 18.9. The van der Waals surface area contributed by atoms with Gasteiger partial charge in [0.05, 0.1) is 5.75 Å². The van der Waals surface area contributed by atoms with Gasteiger partial charge in [-0.25, -0.2) is 12.7 Å². The number of nitrogens with one attached hydrogen (secondary N) is 1. The SMILES string of the molecule is CCCS(=O)(=O)N1CCC(N[C@@H](C)Cc2ccccc2C)CC1. The number of hydrogen-bond acceptors (Lipinski definition) is 3. The summed E-state index contributed by atoms with van der Waals surface area (Å²) in [7, 11) is -3.03. The number of benzene rings is 1. The minimum atomic E-state index is -3.03. The molecule has 1 fully saturated rings. The summed E-state index contributed by atoms with van der Waals surface area (Å²) in [5, 5.41) is 3.68. The molecule has 0 aromatic heterocycles. The molecule has 1 atom stereocenters. The van der Waals surface area contributed by atoms with Crippen molar-refractivity contribution in [1.29, 1.82) is 0 Å². The maximum Gasteiger partial charge on any atom is 0.214 e. The Balaban J connectivity index is 1.81. The molecule has 1 aliphatic heterocycles. The van der Waals surface area contributed by atoms with Gasteiger partial charge in [0.1, 0.15) is 0 Å². The average molecular weight is 339 g/mol. The van der Waals surface area contributed by atoms with E-state index in [-0.39, 0.29) is 5.75 Å². The van der Waals surface area contributed by atoms with Gasteiger partial charge in [0, 0.05) is 25.2 Å². The van der Waals surface area contributed by atoms with Crippen molar-refractivity contribution >= 4 is 10.0 Å². The highest BCUT2D eigenvalue weighted by Crippen LogP contribution is 2.17. The van der Waals surface area contributed by atoms with E-state index in [2.05, 4.69) is 43.4 Å². The molecule has 5 heteroatoms. The largest absolute Gasteiger partial charge is 0.311 e. The fourth-order valence-electron chi connectivity index (χ4n) is 3.32. The summed E-state index contributed by atoms with van der Waals surface area (Å²) in [6.07, 6.45) is 3.51. The van der Waals surface area contributed by atoms with E-state index in [1.807, 2.05) is 6.92 Å². The molecule has 1 N–H and O–H groups in total. The summed E-state index contributed by atoms with van der Waals surface area (Å²) in [6.45, 7) is 7.58. The van der Waals surface area contributed by atoms with Crippen molar-refractivity contribution in [2.24, 2.45) is 0 Å². The van der Waals surface area contributed by atoms with E-state index in [1.165, 1.54) is 11.1 Å². The zero-order chi connectivity index (χ0) is 16.9. The highest BCUT2D eigenvalue weighted by molar-refractivity contribution is 7.89. The van der Waals surface area contributed by atoms with Gasteiger partial charge in [0.2, 0.25) is 10.0 Å². The highest BCUT2D eigenvalue weighted by Gasteiger charge is 2.27. The van der Waals surface area contributed by atoms with E-state index in [4.69, 9.17) is 0 Å². The topological polar surface area (TPSA) is 49.4 Å². The fraction of sp³-hybridized carbons (Fsp3) is 0.667. The van der Waals surface area contributed by atoms with Crippen LogP contribution in [-0.4, -0.2) is 43.6 Å². The summed E-state index contributed by atoms with van der Waals surface area (Å²) >= 11 is 0. The monoisotopic (exact) mass is 338 g/mol. The molecule has 0 amide bonds. The number of rotatable bonds is 7. The van der Waals surface area contributed by atoms with Crippen molar-refractivity contribution in [3.63, 3.8) is 0 Å². The Labute approximate surface area is 141 Å². The summed E-state index contributed by atoms with van der Waals surface area (Å²) in [5.41, 5.74) is 2.72. The Hall–Kier alpha value is -0.910. The molecule has 1 heterocycles. The summed E-state index contributed by atoms with van der Waals surface area (Å²) in [4.78, 5) is 0. The number of piperidine rings is 1. The van der Waals surface area contributed by atoms with E-state index < -0.39 is 10.0 Å². The first-order valence-corrected chi connectivity index (χ1v) is 10.3. The van der Waals surface area contributed by atoms with Gasteiger partial charge in [-0.2, -0.15) is 0 Å². The van der Waals surface area contributed by atoms with Crippen LogP contribution >= 0.6 is 0 Å². The molecule has 0 aliphatic carbocycles. The quantitative estimate of drug-likeness (QED) is 0.832. The molecule has 0 bridgehead atoms. The van der Waals surface area contributed by atoms with Gasteiger partial charge in [-0.05, 0) is 50.7 Å². The molecule has 1 saturated heterocycles. The lowest BCUT2D eigenvalue weighted by Crippen LogP contribution is -2.48. The molecular weight excluding hydrogens is 308 g/mol. The Morgan fingerprint density at radius 1 is 1.26 bits per heavy atom. The third kappa shape index (κ3) is 5.30. The predicted molar refractivity (Wildman–Crippen MR) is 96.2 cm³/mol. The Kier molecular flexibility index (Phi) is 6.62. The van der Waals surface area contributed by atoms with E-state index in [0.29, 0.717) is 31.6 Å². The van der Waals surface area contributed by atoms with Crippen LogP contribution in [0.4, 0.5) is 0 Å². The Morgan fingerprint density at radius 3 is 2.52 bits per heavy atom. The molecule has 23 heavy (non-hydrogen) atoms. The van der Waals surface area contributed by atoms with Gasteiger partial charge in [0.25, 0.3) is 0 Å². The van der Waals surface area contributed by atoms with Gasteiger partial charge in [0.15, 0.2) is 0 Å². The number of sulfonamides is 1. The average Bonchev–Trinajstić information content (AvgIpc) is 2.50. The van der Waals surface area contributed by atoms with Crippen LogP contribution in [0.5, 0.6) is 0 Å². The van der Waals surface area contributed by atoms with E-state index in [1.54, 1.807) is 4.31 Å². The van der Waals surface area contributed by atoms with Crippen molar-refractivity contribution in [1.82, 2.24) is 9.62 Å².